The molecule has 1 atom stereocenters. The number of unbranched alkanes of at least 4 members (excludes halogenated alkanes) is 9. The molecule has 1 fully saturated rings. The van der Waals surface area contributed by atoms with Gasteiger partial charge in [-0.05, 0) is 38.5 Å². The van der Waals surface area contributed by atoms with Gasteiger partial charge in [-0.15, -0.1) is 11.6 Å². The van der Waals surface area contributed by atoms with Crippen molar-refractivity contribution in [3.05, 3.63) is 0 Å². The first-order valence-electron chi connectivity index (χ1n) is 10.5. The van der Waals surface area contributed by atoms with Crippen molar-refractivity contribution in [2.75, 3.05) is 0 Å². The largest absolute Gasteiger partial charge is 0.461 e. The Balaban J connectivity index is 1.90. The molecule has 24 heavy (non-hydrogen) atoms. The van der Waals surface area contributed by atoms with E-state index in [1.165, 1.54) is 83.5 Å². The molecular formula is C21H39ClO2. The predicted octanol–water partition coefficient (Wildman–Crippen LogP) is 7.03. The zero-order valence-electron chi connectivity index (χ0n) is 16.0. The summed E-state index contributed by atoms with van der Waals surface area (Å²) >= 11 is 5.75. The molecule has 0 heterocycles. The summed E-state index contributed by atoms with van der Waals surface area (Å²) in [6.07, 6.45) is 20.0. The van der Waals surface area contributed by atoms with Crippen LogP contribution in [-0.2, 0) is 9.53 Å². The van der Waals surface area contributed by atoms with Gasteiger partial charge in [-0.25, -0.2) is 0 Å². The Morgan fingerprint density at radius 2 is 1.42 bits per heavy atom. The van der Waals surface area contributed by atoms with E-state index in [-0.39, 0.29) is 12.1 Å². The molecule has 0 aliphatic heterocycles. The molecule has 0 bridgehead atoms. The van der Waals surface area contributed by atoms with Crippen molar-refractivity contribution in [2.45, 2.75) is 122 Å². The van der Waals surface area contributed by atoms with E-state index in [2.05, 4.69) is 6.92 Å². The Morgan fingerprint density at radius 1 is 0.917 bits per heavy atom. The minimum Gasteiger partial charge on any atom is -0.461 e. The van der Waals surface area contributed by atoms with Crippen LogP contribution < -0.4 is 0 Å². The Hall–Kier alpha value is -0.240. The summed E-state index contributed by atoms with van der Waals surface area (Å²) in [7, 11) is 0. The quantitative estimate of drug-likeness (QED) is 0.201. The molecule has 0 radical (unpaired) electrons. The second-order valence-electron chi connectivity index (χ2n) is 7.67. The third kappa shape index (κ3) is 10.6. The number of ether oxygens (including phenoxy) is 1. The Labute approximate surface area is 155 Å². The minimum absolute atomic E-state index is 0.114. The number of esters is 1. The first kappa shape index (κ1) is 21.8. The lowest BCUT2D eigenvalue weighted by atomic mass is 9.84. The average molecular weight is 359 g/mol. The van der Waals surface area contributed by atoms with E-state index in [0.717, 1.165) is 18.8 Å². The van der Waals surface area contributed by atoms with E-state index in [1.807, 2.05) is 0 Å². The summed E-state index contributed by atoms with van der Waals surface area (Å²) in [6.45, 7) is 3.96. The molecule has 0 saturated heterocycles. The van der Waals surface area contributed by atoms with Crippen LogP contribution in [0.1, 0.15) is 110 Å². The second kappa shape index (κ2) is 14.0. The van der Waals surface area contributed by atoms with Crippen LogP contribution in [0.3, 0.4) is 0 Å². The third-order valence-corrected chi connectivity index (χ3v) is 5.55. The van der Waals surface area contributed by atoms with Gasteiger partial charge in [0.05, 0.1) is 0 Å². The smallest absolute Gasteiger partial charge is 0.324 e. The first-order valence-corrected chi connectivity index (χ1v) is 10.9. The maximum atomic E-state index is 11.5. The van der Waals surface area contributed by atoms with Crippen molar-refractivity contribution in [1.82, 2.24) is 0 Å². The van der Waals surface area contributed by atoms with Gasteiger partial charge in [-0.3, -0.25) is 4.79 Å². The number of hydrogen-bond donors (Lipinski definition) is 0. The number of halogens is 1. The SMILES string of the molecule is CCCCCCCCCCCCC1CCC(OC(=O)C(C)Cl)CC1. The predicted molar refractivity (Wildman–Crippen MR) is 104 cm³/mol. The van der Waals surface area contributed by atoms with Crippen molar-refractivity contribution < 1.29 is 9.53 Å². The van der Waals surface area contributed by atoms with Gasteiger partial charge >= 0.3 is 5.97 Å². The Morgan fingerprint density at radius 3 is 1.92 bits per heavy atom. The molecule has 2 nitrogen and oxygen atoms in total. The highest BCUT2D eigenvalue weighted by Gasteiger charge is 2.24. The molecule has 1 saturated carbocycles. The van der Waals surface area contributed by atoms with Crippen molar-refractivity contribution in [2.24, 2.45) is 5.92 Å². The number of carbonyl (C=O) groups excluding carboxylic acids is 1. The molecule has 1 rings (SSSR count). The fourth-order valence-electron chi connectivity index (χ4n) is 3.72. The highest BCUT2D eigenvalue weighted by molar-refractivity contribution is 6.29. The summed E-state index contributed by atoms with van der Waals surface area (Å²) in [5.74, 6) is 0.595. The lowest BCUT2D eigenvalue weighted by Gasteiger charge is -2.28. The second-order valence-corrected chi connectivity index (χ2v) is 8.32. The number of carbonyl (C=O) groups is 1. The Kier molecular flexibility index (Phi) is 12.7. The van der Waals surface area contributed by atoms with Crippen LogP contribution in [0.5, 0.6) is 0 Å². The zero-order chi connectivity index (χ0) is 17.6. The normalized spacial score (nSPS) is 22.3. The molecule has 0 aromatic carbocycles. The van der Waals surface area contributed by atoms with Gasteiger partial charge in [-0.2, -0.15) is 0 Å². The van der Waals surface area contributed by atoms with Crippen LogP contribution in [-0.4, -0.2) is 17.5 Å². The molecule has 0 N–H and O–H groups in total. The van der Waals surface area contributed by atoms with Crippen molar-refractivity contribution >= 4 is 17.6 Å². The molecule has 142 valence electrons. The fraction of sp³-hybridized carbons (Fsp3) is 0.952. The zero-order valence-corrected chi connectivity index (χ0v) is 16.8. The first-order chi connectivity index (χ1) is 11.6. The summed E-state index contributed by atoms with van der Waals surface area (Å²) in [6, 6.07) is 0. The standard InChI is InChI=1S/C21H39ClO2/c1-3-4-5-6-7-8-9-10-11-12-13-19-14-16-20(17-15-19)24-21(23)18(2)22/h18-20H,3-17H2,1-2H3. The molecular weight excluding hydrogens is 320 g/mol. The molecule has 1 aliphatic rings. The van der Waals surface area contributed by atoms with E-state index in [4.69, 9.17) is 16.3 Å². The van der Waals surface area contributed by atoms with E-state index >= 15 is 0 Å². The number of hydrogen-bond acceptors (Lipinski definition) is 2. The van der Waals surface area contributed by atoms with Crippen LogP contribution in [0.4, 0.5) is 0 Å². The van der Waals surface area contributed by atoms with E-state index in [0.29, 0.717) is 0 Å². The minimum atomic E-state index is -0.519. The van der Waals surface area contributed by atoms with Crippen LogP contribution in [0.25, 0.3) is 0 Å². The molecule has 0 aromatic rings. The van der Waals surface area contributed by atoms with Gasteiger partial charge in [0.2, 0.25) is 0 Å². The van der Waals surface area contributed by atoms with Crippen molar-refractivity contribution in [3.63, 3.8) is 0 Å². The molecule has 1 aliphatic carbocycles. The van der Waals surface area contributed by atoms with Gasteiger partial charge in [0.1, 0.15) is 11.5 Å². The van der Waals surface area contributed by atoms with Crippen molar-refractivity contribution in [3.8, 4) is 0 Å². The van der Waals surface area contributed by atoms with E-state index in [9.17, 15) is 4.79 Å². The summed E-state index contributed by atoms with van der Waals surface area (Å²) in [5, 5.41) is -0.519. The summed E-state index contributed by atoms with van der Waals surface area (Å²) < 4.78 is 5.44. The molecule has 0 spiro atoms. The van der Waals surface area contributed by atoms with Crippen LogP contribution in [0.15, 0.2) is 0 Å². The van der Waals surface area contributed by atoms with Gasteiger partial charge in [-0.1, -0.05) is 77.6 Å². The highest BCUT2D eigenvalue weighted by Crippen LogP contribution is 2.30. The molecule has 1 unspecified atom stereocenters. The van der Waals surface area contributed by atoms with Crippen LogP contribution in [0.2, 0.25) is 0 Å². The maximum Gasteiger partial charge on any atom is 0.324 e. The molecule has 0 amide bonds. The average Bonchev–Trinajstić information content (AvgIpc) is 2.58. The Bertz CT molecular complexity index is 309. The summed E-state index contributed by atoms with van der Waals surface area (Å²) in [4.78, 5) is 11.5. The number of rotatable bonds is 13. The van der Waals surface area contributed by atoms with Crippen LogP contribution >= 0.6 is 11.6 Å². The van der Waals surface area contributed by atoms with Gasteiger partial charge in [0.25, 0.3) is 0 Å². The molecule has 0 aromatic heterocycles. The topological polar surface area (TPSA) is 26.3 Å². The monoisotopic (exact) mass is 358 g/mol. The summed E-state index contributed by atoms with van der Waals surface area (Å²) in [5.41, 5.74) is 0. The van der Waals surface area contributed by atoms with Gasteiger partial charge in [0.15, 0.2) is 0 Å². The maximum absolute atomic E-state index is 11.5. The molecule has 3 heteroatoms. The van der Waals surface area contributed by atoms with E-state index < -0.39 is 5.38 Å². The van der Waals surface area contributed by atoms with Crippen LogP contribution in [0, 0.1) is 5.92 Å². The lowest BCUT2D eigenvalue weighted by molar-refractivity contribution is -0.150. The van der Waals surface area contributed by atoms with Crippen molar-refractivity contribution in [1.29, 1.82) is 0 Å². The third-order valence-electron chi connectivity index (χ3n) is 5.37. The number of alkyl halides is 1. The highest BCUT2D eigenvalue weighted by atomic mass is 35.5. The van der Waals surface area contributed by atoms with E-state index in [1.54, 1.807) is 6.92 Å². The van der Waals surface area contributed by atoms with Gasteiger partial charge in [0, 0.05) is 0 Å². The van der Waals surface area contributed by atoms with Gasteiger partial charge < -0.3 is 4.74 Å². The lowest BCUT2D eigenvalue weighted by Crippen LogP contribution is -2.27. The fourth-order valence-corrected chi connectivity index (χ4v) is 3.77.